The standard InChI is InChI=1S/C13H13FN4/c1-2-13-12(7-8-15)16-17-18(13)9-10-5-3-4-6-11(10)14/h3-6H,2,7,9H2,1H3. The molecule has 4 nitrogen and oxygen atoms in total. The molecule has 18 heavy (non-hydrogen) atoms. The van der Waals surface area contributed by atoms with E-state index in [0.717, 1.165) is 12.1 Å². The highest BCUT2D eigenvalue weighted by Gasteiger charge is 2.12. The molecular formula is C13H13FN4. The van der Waals surface area contributed by atoms with Crippen molar-refractivity contribution in [3.05, 3.63) is 47.0 Å². The number of nitriles is 1. The van der Waals surface area contributed by atoms with Crippen LogP contribution in [0.3, 0.4) is 0 Å². The Morgan fingerprint density at radius 1 is 1.39 bits per heavy atom. The summed E-state index contributed by atoms with van der Waals surface area (Å²) < 4.78 is 15.2. The van der Waals surface area contributed by atoms with E-state index in [1.165, 1.54) is 6.07 Å². The Balaban J connectivity index is 2.30. The minimum Gasteiger partial charge on any atom is -0.245 e. The smallest absolute Gasteiger partial charge is 0.128 e. The summed E-state index contributed by atoms with van der Waals surface area (Å²) in [5, 5.41) is 16.7. The molecule has 0 radical (unpaired) electrons. The Bertz CT molecular complexity index is 583. The maximum atomic E-state index is 13.6. The SMILES string of the molecule is CCc1c(CC#N)nnn1Cc1ccccc1F. The Kier molecular flexibility index (Phi) is 3.68. The third-order valence-corrected chi connectivity index (χ3v) is 2.78. The second-order valence-corrected chi connectivity index (χ2v) is 3.92. The molecule has 0 aliphatic heterocycles. The third kappa shape index (κ3) is 2.38. The summed E-state index contributed by atoms with van der Waals surface area (Å²) in [6.45, 7) is 2.31. The predicted molar refractivity (Wildman–Crippen MR) is 64.2 cm³/mol. The van der Waals surface area contributed by atoms with Gasteiger partial charge in [-0.05, 0) is 12.5 Å². The molecule has 0 atom stereocenters. The predicted octanol–water partition coefficient (Wildman–Crippen LogP) is 2.09. The maximum Gasteiger partial charge on any atom is 0.128 e. The van der Waals surface area contributed by atoms with Crippen molar-refractivity contribution in [3.8, 4) is 6.07 Å². The molecule has 0 amide bonds. The summed E-state index contributed by atoms with van der Waals surface area (Å²) in [6, 6.07) is 8.65. The summed E-state index contributed by atoms with van der Waals surface area (Å²) in [5.74, 6) is -0.253. The zero-order valence-electron chi connectivity index (χ0n) is 10.1. The van der Waals surface area contributed by atoms with Gasteiger partial charge in [-0.3, -0.25) is 0 Å². The van der Waals surface area contributed by atoms with Crippen LogP contribution in [0.5, 0.6) is 0 Å². The van der Waals surface area contributed by atoms with Crippen LogP contribution < -0.4 is 0 Å². The number of benzene rings is 1. The van der Waals surface area contributed by atoms with E-state index >= 15 is 0 Å². The minimum atomic E-state index is -0.253. The Morgan fingerprint density at radius 2 is 2.17 bits per heavy atom. The summed E-state index contributed by atoms with van der Waals surface area (Å²) in [4.78, 5) is 0. The van der Waals surface area contributed by atoms with Crippen LogP contribution in [-0.2, 0) is 19.4 Å². The van der Waals surface area contributed by atoms with Crippen molar-refractivity contribution < 1.29 is 4.39 Å². The van der Waals surface area contributed by atoms with Crippen molar-refractivity contribution in [2.45, 2.75) is 26.3 Å². The van der Waals surface area contributed by atoms with E-state index in [1.807, 2.05) is 6.92 Å². The number of hydrogen-bond donors (Lipinski definition) is 0. The second-order valence-electron chi connectivity index (χ2n) is 3.92. The zero-order chi connectivity index (χ0) is 13.0. The van der Waals surface area contributed by atoms with Crippen LogP contribution >= 0.6 is 0 Å². The molecule has 1 heterocycles. The normalized spacial score (nSPS) is 10.3. The van der Waals surface area contributed by atoms with Crippen LogP contribution in [0, 0.1) is 17.1 Å². The molecule has 0 fully saturated rings. The van der Waals surface area contributed by atoms with Gasteiger partial charge in [0.05, 0.1) is 30.4 Å². The van der Waals surface area contributed by atoms with Gasteiger partial charge in [0, 0.05) is 5.56 Å². The van der Waals surface area contributed by atoms with Gasteiger partial charge in [0.15, 0.2) is 0 Å². The molecule has 0 saturated heterocycles. The van der Waals surface area contributed by atoms with E-state index in [0.29, 0.717) is 17.8 Å². The van der Waals surface area contributed by atoms with Crippen LogP contribution in [0.4, 0.5) is 4.39 Å². The highest BCUT2D eigenvalue weighted by Crippen LogP contribution is 2.12. The number of aromatic nitrogens is 3. The van der Waals surface area contributed by atoms with E-state index < -0.39 is 0 Å². The monoisotopic (exact) mass is 244 g/mol. The van der Waals surface area contributed by atoms with Crippen molar-refractivity contribution in [1.82, 2.24) is 15.0 Å². The van der Waals surface area contributed by atoms with Crippen molar-refractivity contribution in [2.75, 3.05) is 0 Å². The second kappa shape index (κ2) is 5.41. The molecule has 2 rings (SSSR count). The Hall–Kier alpha value is -2.22. The molecule has 2 aromatic rings. The topological polar surface area (TPSA) is 54.5 Å². The third-order valence-electron chi connectivity index (χ3n) is 2.78. The number of rotatable bonds is 4. The largest absolute Gasteiger partial charge is 0.245 e. The molecule has 0 N–H and O–H groups in total. The quantitative estimate of drug-likeness (QED) is 0.827. The minimum absolute atomic E-state index is 0.237. The summed E-state index contributed by atoms with van der Waals surface area (Å²) >= 11 is 0. The van der Waals surface area contributed by atoms with E-state index in [-0.39, 0.29) is 12.2 Å². The fraction of sp³-hybridized carbons (Fsp3) is 0.308. The van der Waals surface area contributed by atoms with Crippen LogP contribution in [0.1, 0.15) is 23.9 Å². The van der Waals surface area contributed by atoms with E-state index in [1.54, 1.807) is 22.9 Å². The lowest BCUT2D eigenvalue weighted by molar-refractivity contribution is 0.567. The lowest BCUT2D eigenvalue weighted by Crippen LogP contribution is -2.08. The fourth-order valence-electron chi connectivity index (χ4n) is 1.88. The van der Waals surface area contributed by atoms with Crippen LogP contribution in [0.25, 0.3) is 0 Å². The fourth-order valence-corrected chi connectivity index (χ4v) is 1.88. The summed E-state index contributed by atoms with van der Waals surface area (Å²) in [7, 11) is 0. The number of hydrogen-bond acceptors (Lipinski definition) is 3. The number of nitrogens with zero attached hydrogens (tertiary/aromatic N) is 4. The summed E-state index contributed by atoms with van der Waals surface area (Å²) in [5.41, 5.74) is 2.14. The van der Waals surface area contributed by atoms with Gasteiger partial charge >= 0.3 is 0 Å². The molecule has 1 aromatic heterocycles. The average molecular weight is 244 g/mol. The molecule has 0 saturated carbocycles. The maximum absolute atomic E-state index is 13.6. The zero-order valence-corrected chi connectivity index (χ0v) is 10.1. The van der Waals surface area contributed by atoms with E-state index in [4.69, 9.17) is 5.26 Å². The van der Waals surface area contributed by atoms with E-state index in [2.05, 4.69) is 16.4 Å². The highest BCUT2D eigenvalue weighted by molar-refractivity contribution is 5.20. The first-order chi connectivity index (χ1) is 8.76. The first kappa shape index (κ1) is 12.2. The van der Waals surface area contributed by atoms with Crippen molar-refractivity contribution in [2.24, 2.45) is 0 Å². The molecule has 0 aliphatic rings. The first-order valence-corrected chi connectivity index (χ1v) is 5.77. The molecular weight excluding hydrogens is 231 g/mol. The highest BCUT2D eigenvalue weighted by atomic mass is 19.1. The molecule has 92 valence electrons. The lowest BCUT2D eigenvalue weighted by atomic mass is 10.2. The van der Waals surface area contributed by atoms with Gasteiger partial charge in [-0.2, -0.15) is 5.26 Å². The number of halogens is 1. The average Bonchev–Trinajstić information content (AvgIpc) is 2.75. The van der Waals surface area contributed by atoms with E-state index in [9.17, 15) is 4.39 Å². The van der Waals surface area contributed by atoms with Gasteiger partial charge in [0.25, 0.3) is 0 Å². The lowest BCUT2D eigenvalue weighted by Gasteiger charge is -2.06. The van der Waals surface area contributed by atoms with Crippen molar-refractivity contribution in [1.29, 1.82) is 5.26 Å². The molecule has 0 unspecified atom stereocenters. The molecule has 5 heteroatoms. The van der Waals surface area contributed by atoms with Gasteiger partial charge in [-0.15, -0.1) is 5.10 Å². The van der Waals surface area contributed by atoms with Gasteiger partial charge in [-0.25, -0.2) is 9.07 Å². The van der Waals surface area contributed by atoms with Crippen LogP contribution in [0.15, 0.2) is 24.3 Å². The molecule has 1 aromatic carbocycles. The molecule has 0 bridgehead atoms. The molecule has 0 spiro atoms. The van der Waals surface area contributed by atoms with Crippen molar-refractivity contribution >= 4 is 0 Å². The van der Waals surface area contributed by atoms with Crippen LogP contribution in [0.2, 0.25) is 0 Å². The van der Waals surface area contributed by atoms with Crippen LogP contribution in [-0.4, -0.2) is 15.0 Å². The first-order valence-electron chi connectivity index (χ1n) is 5.77. The van der Waals surface area contributed by atoms with Gasteiger partial charge in [-0.1, -0.05) is 30.3 Å². The van der Waals surface area contributed by atoms with Gasteiger partial charge < -0.3 is 0 Å². The van der Waals surface area contributed by atoms with Crippen molar-refractivity contribution in [3.63, 3.8) is 0 Å². The Morgan fingerprint density at radius 3 is 2.83 bits per heavy atom. The molecule has 0 aliphatic carbocycles. The van der Waals surface area contributed by atoms with Gasteiger partial charge in [0.1, 0.15) is 5.82 Å². The Labute approximate surface area is 105 Å². The van der Waals surface area contributed by atoms with Gasteiger partial charge in [0.2, 0.25) is 0 Å². The summed E-state index contributed by atoms with van der Waals surface area (Å²) in [6.07, 6.45) is 0.957.